The summed E-state index contributed by atoms with van der Waals surface area (Å²) in [6, 6.07) is 2.62. The van der Waals surface area contributed by atoms with Crippen molar-refractivity contribution in [3.05, 3.63) is 38.8 Å². The van der Waals surface area contributed by atoms with E-state index in [2.05, 4.69) is 0 Å². The summed E-state index contributed by atoms with van der Waals surface area (Å²) in [6.07, 6.45) is 1.47. The van der Waals surface area contributed by atoms with Crippen LogP contribution in [0.3, 0.4) is 0 Å². The molecule has 0 fully saturated rings. The number of aliphatic hydroxyl groups is 1. The molecular formula is C9H12N2O4. The Morgan fingerprint density at radius 3 is 2.87 bits per heavy atom. The van der Waals surface area contributed by atoms with Gasteiger partial charge in [0.15, 0.2) is 0 Å². The maximum absolute atomic E-state index is 11.5. The van der Waals surface area contributed by atoms with E-state index in [1.807, 2.05) is 0 Å². The first-order valence-corrected chi connectivity index (χ1v) is 4.51. The van der Waals surface area contributed by atoms with E-state index in [1.54, 1.807) is 6.92 Å². The van der Waals surface area contributed by atoms with Gasteiger partial charge in [-0.2, -0.15) is 0 Å². The molecule has 82 valence electrons. The molecule has 0 aromatic carbocycles. The topological polar surface area (TPSA) is 85.4 Å². The van der Waals surface area contributed by atoms with Gasteiger partial charge in [-0.15, -0.1) is 0 Å². The van der Waals surface area contributed by atoms with E-state index in [0.29, 0.717) is 0 Å². The molecule has 1 N–H and O–H groups in total. The number of aliphatic hydroxyl groups excluding tert-OH is 1. The standard InChI is InChI=1S/C9H12N2O4/c1-7(6-12)5-10-4-2-3-8(9(10)13)11(14)15/h2-4,7,12H,5-6H2,1H3. The van der Waals surface area contributed by atoms with Crippen LogP contribution in [0, 0.1) is 16.0 Å². The molecule has 0 bridgehead atoms. The molecule has 1 unspecified atom stereocenters. The van der Waals surface area contributed by atoms with Gasteiger partial charge in [0.05, 0.1) is 4.92 Å². The second kappa shape index (κ2) is 4.70. The summed E-state index contributed by atoms with van der Waals surface area (Å²) in [5, 5.41) is 19.3. The van der Waals surface area contributed by atoms with E-state index < -0.39 is 16.2 Å². The third-order valence-corrected chi connectivity index (χ3v) is 2.02. The Morgan fingerprint density at radius 1 is 1.67 bits per heavy atom. The normalized spacial score (nSPS) is 12.4. The highest BCUT2D eigenvalue weighted by Crippen LogP contribution is 2.03. The highest BCUT2D eigenvalue weighted by atomic mass is 16.6. The first kappa shape index (κ1) is 11.4. The molecule has 0 amide bonds. The van der Waals surface area contributed by atoms with Gasteiger partial charge in [0.25, 0.3) is 0 Å². The Morgan fingerprint density at radius 2 is 2.33 bits per heavy atom. The van der Waals surface area contributed by atoms with Crippen molar-refractivity contribution in [1.29, 1.82) is 0 Å². The minimum Gasteiger partial charge on any atom is -0.396 e. The molecule has 6 nitrogen and oxygen atoms in total. The van der Waals surface area contributed by atoms with Crippen LogP contribution in [-0.4, -0.2) is 21.2 Å². The van der Waals surface area contributed by atoms with Crippen LogP contribution in [0.5, 0.6) is 0 Å². The Balaban J connectivity index is 3.05. The second-order valence-electron chi connectivity index (χ2n) is 3.40. The Hall–Kier alpha value is -1.69. The number of nitro groups is 1. The van der Waals surface area contributed by atoms with Crippen LogP contribution in [0.2, 0.25) is 0 Å². The van der Waals surface area contributed by atoms with Gasteiger partial charge in [-0.25, -0.2) is 0 Å². The van der Waals surface area contributed by atoms with Crippen LogP contribution in [0.1, 0.15) is 6.92 Å². The number of rotatable bonds is 4. The van der Waals surface area contributed by atoms with Crippen molar-refractivity contribution < 1.29 is 10.0 Å². The smallest absolute Gasteiger partial charge is 0.334 e. The molecule has 0 spiro atoms. The molecule has 0 aliphatic carbocycles. The number of hydrogen-bond donors (Lipinski definition) is 1. The van der Waals surface area contributed by atoms with Gasteiger partial charge in [-0.05, 0) is 12.0 Å². The van der Waals surface area contributed by atoms with E-state index in [0.717, 1.165) is 0 Å². The van der Waals surface area contributed by atoms with E-state index in [4.69, 9.17) is 5.11 Å². The number of aromatic nitrogens is 1. The largest absolute Gasteiger partial charge is 0.396 e. The fraction of sp³-hybridized carbons (Fsp3) is 0.444. The van der Waals surface area contributed by atoms with Gasteiger partial charge in [0.1, 0.15) is 0 Å². The summed E-state index contributed by atoms with van der Waals surface area (Å²) in [4.78, 5) is 21.3. The van der Waals surface area contributed by atoms with Crippen LogP contribution in [0.15, 0.2) is 23.1 Å². The van der Waals surface area contributed by atoms with Gasteiger partial charge in [0, 0.05) is 25.4 Å². The summed E-state index contributed by atoms with van der Waals surface area (Å²) in [7, 11) is 0. The molecule has 0 saturated heterocycles. The SMILES string of the molecule is CC(CO)Cn1cccc([N+](=O)[O-])c1=O. The second-order valence-corrected chi connectivity index (χ2v) is 3.40. The number of hydrogen-bond acceptors (Lipinski definition) is 4. The maximum atomic E-state index is 11.5. The number of nitrogens with zero attached hydrogens (tertiary/aromatic N) is 2. The predicted octanol–water partition coefficient (Wildman–Crippen LogP) is 0.385. The molecule has 1 rings (SSSR count). The van der Waals surface area contributed by atoms with Crippen LogP contribution in [0.25, 0.3) is 0 Å². The zero-order chi connectivity index (χ0) is 11.4. The van der Waals surface area contributed by atoms with Gasteiger partial charge >= 0.3 is 11.2 Å². The quantitative estimate of drug-likeness (QED) is 0.577. The van der Waals surface area contributed by atoms with E-state index in [9.17, 15) is 14.9 Å². The van der Waals surface area contributed by atoms with Crippen molar-refractivity contribution in [2.45, 2.75) is 13.5 Å². The van der Waals surface area contributed by atoms with Crippen molar-refractivity contribution in [1.82, 2.24) is 4.57 Å². The first-order valence-electron chi connectivity index (χ1n) is 4.51. The average molecular weight is 212 g/mol. The summed E-state index contributed by atoms with van der Waals surface area (Å²) >= 11 is 0. The highest BCUT2D eigenvalue weighted by molar-refractivity contribution is 5.24. The van der Waals surface area contributed by atoms with Crippen LogP contribution >= 0.6 is 0 Å². The van der Waals surface area contributed by atoms with Crippen molar-refractivity contribution in [2.24, 2.45) is 5.92 Å². The lowest BCUT2D eigenvalue weighted by Crippen LogP contribution is -2.25. The lowest BCUT2D eigenvalue weighted by molar-refractivity contribution is -0.386. The summed E-state index contributed by atoms with van der Waals surface area (Å²) in [6.45, 7) is 1.97. The minimum atomic E-state index is -0.706. The van der Waals surface area contributed by atoms with Gasteiger partial charge in [-0.1, -0.05) is 6.92 Å². The molecular weight excluding hydrogens is 200 g/mol. The maximum Gasteiger partial charge on any atom is 0.334 e. The fourth-order valence-corrected chi connectivity index (χ4v) is 1.20. The summed E-state index contributed by atoms with van der Waals surface area (Å²) in [5.41, 5.74) is -1.08. The molecule has 1 aromatic rings. The molecule has 1 aromatic heterocycles. The zero-order valence-electron chi connectivity index (χ0n) is 8.29. The first-order chi connectivity index (χ1) is 7.06. The van der Waals surface area contributed by atoms with Crippen LogP contribution in [-0.2, 0) is 6.54 Å². The van der Waals surface area contributed by atoms with Crippen molar-refractivity contribution in [3.8, 4) is 0 Å². The van der Waals surface area contributed by atoms with Crippen molar-refractivity contribution in [3.63, 3.8) is 0 Å². The number of pyridine rings is 1. The Labute approximate surface area is 85.9 Å². The molecule has 0 aliphatic heterocycles. The fourth-order valence-electron chi connectivity index (χ4n) is 1.20. The van der Waals surface area contributed by atoms with Crippen LogP contribution in [0.4, 0.5) is 5.69 Å². The summed E-state index contributed by atoms with van der Waals surface area (Å²) < 4.78 is 1.24. The molecule has 0 saturated carbocycles. The monoisotopic (exact) mass is 212 g/mol. The Bertz CT molecular complexity index is 413. The highest BCUT2D eigenvalue weighted by Gasteiger charge is 2.14. The molecule has 0 radical (unpaired) electrons. The van der Waals surface area contributed by atoms with Crippen molar-refractivity contribution in [2.75, 3.05) is 6.61 Å². The van der Waals surface area contributed by atoms with E-state index in [-0.39, 0.29) is 19.1 Å². The zero-order valence-corrected chi connectivity index (χ0v) is 8.29. The minimum absolute atomic E-state index is 0.0604. The molecule has 1 atom stereocenters. The average Bonchev–Trinajstić information content (AvgIpc) is 2.20. The molecule has 6 heteroatoms. The van der Waals surface area contributed by atoms with E-state index >= 15 is 0 Å². The third-order valence-electron chi connectivity index (χ3n) is 2.02. The molecule has 0 aliphatic rings. The van der Waals surface area contributed by atoms with Gasteiger partial charge in [-0.3, -0.25) is 14.9 Å². The van der Waals surface area contributed by atoms with Gasteiger partial charge < -0.3 is 9.67 Å². The van der Waals surface area contributed by atoms with Crippen molar-refractivity contribution >= 4 is 5.69 Å². The summed E-state index contributed by atoms with van der Waals surface area (Å²) in [5.74, 6) is -0.107. The van der Waals surface area contributed by atoms with Gasteiger partial charge in [0.2, 0.25) is 0 Å². The molecule has 1 heterocycles. The lowest BCUT2D eigenvalue weighted by Gasteiger charge is -2.09. The van der Waals surface area contributed by atoms with E-state index in [1.165, 1.54) is 22.9 Å². The third kappa shape index (κ3) is 2.63. The molecule has 15 heavy (non-hydrogen) atoms. The predicted molar refractivity (Wildman–Crippen MR) is 53.6 cm³/mol. The van der Waals surface area contributed by atoms with Crippen LogP contribution < -0.4 is 5.56 Å². The lowest BCUT2D eigenvalue weighted by atomic mass is 10.2. The Kier molecular flexibility index (Phi) is 3.56.